The summed E-state index contributed by atoms with van der Waals surface area (Å²) in [4.78, 5) is 14.3. The first-order valence-corrected chi connectivity index (χ1v) is 6.75. The summed E-state index contributed by atoms with van der Waals surface area (Å²) in [5.41, 5.74) is 9.17. The molecule has 0 atom stereocenters. The molecule has 0 bridgehead atoms. The van der Waals surface area contributed by atoms with Gasteiger partial charge in [0, 0.05) is 16.5 Å². The van der Waals surface area contributed by atoms with Crippen LogP contribution in [0.1, 0.15) is 16.7 Å². The highest BCUT2D eigenvalue weighted by Crippen LogP contribution is 2.34. The number of nitro benzene ring substituents is 1. The Kier molecular flexibility index (Phi) is 4.03. The number of nitrogens with one attached hydrogen (secondary N) is 1. The van der Waals surface area contributed by atoms with E-state index in [0.717, 1.165) is 0 Å². The molecule has 0 amide bonds. The van der Waals surface area contributed by atoms with Gasteiger partial charge in [-0.05, 0) is 25.5 Å². The van der Waals surface area contributed by atoms with Gasteiger partial charge in [-0.25, -0.2) is 4.98 Å². The van der Waals surface area contributed by atoms with Crippen LogP contribution in [0.3, 0.4) is 0 Å². The number of hydrogen-bond donors (Lipinski definition) is 3. The highest BCUT2D eigenvalue weighted by molar-refractivity contribution is 7.14. The summed E-state index contributed by atoms with van der Waals surface area (Å²) >= 11 is 1.27. The average molecular weight is 307 g/mol. The van der Waals surface area contributed by atoms with E-state index in [4.69, 9.17) is 5.73 Å². The molecular weight excluding hydrogens is 294 g/mol. The number of anilines is 2. The standard InChI is InChI=1S/C12H13N5O3S/c1-6-3-8(11(18)10(7(6)2)17(19)20)4-14-16-12-15-9(13)5-21-12/h3-5,18H,13H2,1-2H3,(H,15,16). The van der Waals surface area contributed by atoms with Crippen LogP contribution in [0.2, 0.25) is 0 Å². The molecule has 2 aromatic rings. The zero-order valence-electron chi connectivity index (χ0n) is 11.3. The van der Waals surface area contributed by atoms with Crippen molar-refractivity contribution in [3.8, 4) is 5.75 Å². The predicted octanol–water partition coefficient (Wildman–Crippen LogP) is 2.40. The van der Waals surface area contributed by atoms with Crippen molar-refractivity contribution in [3.63, 3.8) is 0 Å². The quantitative estimate of drug-likeness (QED) is 0.452. The lowest BCUT2D eigenvalue weighted by atomic mass is 10.0. The first-order chi connectivity index (χ1) is 9.90. The molecule has 0 saturated heterocycles. The minimum Gasteiger partial charge on any atom is -0.502 e. The van der Waals surface area contributed by atoms with E-state index < -0.39 is 10.7 Å². The minimum atomic E-state index is -0.607. The molecule has 9 heteroatoms. The number of rotatable bonds is 4. The molecule has 4 N–H and O–H groups in total. The van der Waals surface area contributed by atoms with Crippen LogP contribution in [0.25, 0.3) is 0 Å². The summed E-state index contributed by atoms with van der Waals surface area (Å²) < 4.78 is 0. The van der Waals surface area contributed by atoms with Gasteiger partial charge >= 0.3 is 5.69 Å². The first kappa shape index (κ1) is 14.7. The maximum Gasteiger partial charge on any atom is 0.314 e. The zero-order chi connectivity index (χ0) is 15.6. The third-order valence-electron chi connectivity index (χ3n) is 2.88. The number of benzene rings is 1. The Morgan fingerprint density at radius 3 is 2.86 bits per heavy atom. The number of aryl methyl sites for hydroxylation is 1. The number of aromatic hydroxyl groups is 1. The van der Waals surface area contributed by atoms with Crippen LogP contribution in [-0.4, -0.2) is 21.2 Å². The molecule has 0 fully saturated rings. The molecule has 1 heterocycles. The molecular formula is C12H13N5O3S. The second kappa shape index (κ2) is 5.75. The fourth-order valence-electron chi connectivity index (χ4n) is 1.73. The number of nitrogen functional groups attached to an aromatic ring is 1. The third kappa shape index (κ3) is 3.08. The van der Waals surface area contributed by atoms with Crippen molar-refractivity contribution in [1.82, 2.24) is 4.98 Å². The lowest BCUT2D eigenvalue weighted by Crippen LogP contribution is -1.99. The van der Waals surface area contributed by atoms with Crippen LogP contribution >= 0.6 is 11.3 Å². The number of phenols is 1. The maximum absolute atomic E-state index is 11.0. The van der Waals surface area contributed by atoms with Crippen LogP contribution < -0.4 is 11.2 Å². The molecule has 0 radical (unpaired) electrons. The van der Waals surface area contributed by atoms with E-state index in [2.05, 4.69) is 15.5 Å². The van der Waals surface area contributed by atoms with Gasteiger partial charge in [-0.1, -0.05) is 0 Å². The second-order valence-electron chi connectivity index (χ2n) is 4.31. The fraction of sp³-hybridized carbons (Fsp3) is 0.167. The molecule has 0 saturated carbocycles. The van der Waals surface area contributed by atoms with Crippen molar-refractivity contribution < 1.29 is 10.0 Å². The zero-order valence-corrected chi connectivity index (χ0v) is 12.1. The number of hydrazone groups is 1. The van der Waals surface area contributed by atoms with E-state index in [1.807, 2.05) is 0 Å². The summed E-state index contributed by atoms with van der Waals surface area (Å²) in [5, 5.41) is 27.0. The van der Waals surface area contributed by atoms with Gasteiger partial charge in [0.1, 0.15) is 5.82 Å². The number of nitro groups is 1. The van der Waals surface area contributed by atoms with Crippen molar-refractivity contribution in [2.24, 2.45) is 5.10 Å². The summed E-state index contributed by atoms with van der Waals surface area (Å²) in [6, 6.07) is 1.62. The third-order valence-corrected chi connectivity index (χ3v) is 3.65. The molecule has 0 aliphatic carbocycles. The van der Waals surface area contributed by atoms with E-state index in [0.29, 0.717) is 22.1 Å². The van der Waals surface area contributed by atoms with Gasteiger partial charge < -0.3 is 10.8 Å². The largest absolute Gasteiger partial charge is 0.502 e. The molecule has 110 valence electrons. The topological polar surface area (TPSA) is 127 Å². The Balaban J connectivity index is 2.30. The van der Waals surface area contributed by atoms with Crippen LogP contribution in [0, 0.1) is 24.0 Å². The molecule has 1 aromatic carbocycles. The Morgan fingerprint density at radius 1 is 1.57 bits per heavy atom. The number of aromatic nitrogens is 1. The lowest BCUT2D eigenvalue weighted by Gasteiger charge is -2.06. The Bertz CT molecular complexity index is 726. The molecule has 8 nitrogen and oxygen atoms in total. The summed E-state index contributed by atoms with van der Waals surface area (Å²) in [5.74, 6) is -0.0327. The molecule has 0 aliphatic rings. The van der Waals surface area contributed by atoms with Gasteiger partial charge in [0.05, 0.1) is 11.1 Å². The number of nitrogens with zero attached hydrogens (tertiary/aromatic N) is 3. The maximum atomic E-state index is 11.0. The van der Waals surface area contributed by atoms with Gasteiger partial charge in [0.25, 0.3) is 0 Å². The molecule has 0 aliphatic heterocycles. The number of nitrogens with two attached hydrogens (primary N) is 1. The van der Waals surface area contributed by atoms with Crippen LogP contribution in [-0.2, 0) is 0 Å². The summed E-state index contributed by atoms with van der Waals surface area (Å²) in [6.45, 7) is 3.32. The van der Waals surface area contributed by atoms with E-state index in [1.165, 1.54) is 17.6 Å². The number of phenolic OH excluding ortho intramolecular Hbond substituents is 1. The smallest absolute Gasteiger partial charge is 0.314 e. The van der Waals surface area contributed by atoms with E-state index in [9.17, 15) is 15.2 Å². The Labute approximate surface area is 124 Å². The SMILES string of the molecule is Cc1cc(C=NNc2nc(N)cs2)c(O)c([N+](=O)[O-])c1C. The average Bonchev–Trinajstić information content (AvgIpc) is 2.81. The monoisotopic (exact) mass is 307 g/mol. The van der Waals surface area contributed by atoms with Gasteiger partial charge in [0.15, 0.2) is 0 Å². The van der Waals surface area contributed by atoms with Crippen molar-refractivity contribution >= 4 is 34.2 Å². The fourth-order valence-corrected chi connectivity index (χ4v) is 2.28. The molecule has 2 rings (SSSR count). The molecule has 21 heavy (non-hydrogen) atoms. The predicted molar refractivity (Wildman–Crippen MR) is 82.0 cm³/mol. The Hall–Kier alpha value is -2.68. The second-order valence-corrected chi connectivity index (χ2v) is 5.17. The van der Waals surface area contributed by atoms with Crippen LogP contribution in [0.15, 0.2) is 16.5 Å². The van der Waals surface area contributed by atoms with Crippen molar-refractivity contribution in [1.29, 1.82) is 0 Å². The van der Waals surface area contributed by atoms with Crippen molar-refractivity contribution in [3.05, 3.63) is 38.3 Å². The first-order valence-electron chi connectivity index (χ1n) is 5.87. The summed E-state index contributed by atoms with van der Waals surface area (Å²) in [7, 11) is 0. The van der Waals surface area contributed by atoms with Gasteiger partial charge in [0.2, 0.25) is 10.9 Å². The van der Waals surface area contributed by atoms with E-state index in [-0.39, 0.29) is 11.3 Å². The van der Waals surface area contributed by atoms with E-state index >= 15 is 0 Å². The number of hydrogen-bond acceptors (Lipinski definition) is 8. The molecule has 0 spiro atoms. The van der Waals surface area contributed by atoms with Crippen LogP contribution in [0.4, 0.5) is 16.6 Å². The van der Waals surface area contributed by atoms with Gasteiger partial charge in [-0.15, -0.1) is 11.3 Å². The highest BCUT2D eigenvalue weighted by Gasteiger charge is 2.21. The van der Waals surface area contributed by atoms with E-state index in [1.54, 1.807) is 25.3 Å². The highest BCUT2D eigenvalue weighted by atomic mass is 32.1. The molecule has 0 unspecified atom stereocenters. The van der Waals surface area contributed by atoms with Crippen molar-refractivity contribution in [2.75, 3.05) is 11.2 Å². The lowest BCUT2D eigenvalue weighted by molar-refractivity contribution is -0.386. The number of thiazole rings is 1. The van der Waals surface area contributed by atoms with Crippen molar-refractivity contribution in [2.45, 2.75) is 13.8 Å². The molecule has 1 aromatic heterocycles. The van der Waals surface area contributed by atoms with Crippen LogP contribution in [0.5, 0.6) is 5.75 Å². The summed E-state index contributed by atoms with van der Waals surface area (Å²) in [6.07, 6.45) is 1.30. The van der Waals surface area contributed by atoms with Gasteiger partial charge in [-0.3, -0.25) is 15.5 Å². The Morgan fingerprint density at radius 2 is 2.29 bits per heavy atom. The normalized spacial score (nSPS) is 11.0. The minimum absolute atomic E-state index is 0.252. The van der Waals surface area contributed by atoms with Gasteiger partial charge in [-0.2, -0.15) is 5.10 Å².